The lowest BCUT2D eigenvalue weighted by Gasteiger charge is -2.19. The van der Waals surface area contributed by atoms with Crippen LogP contribution in [0.25, 0.3) is 0 Å². The maximum Gasteiger partial charge on any atom is 0.326 e. The predicted molar refractivity (Wildman–Crippen MR) is 46.7 cm³/mol. The summed E-state index contributed by atoms with van der Waals surface area (Å²) in [7, 11) is -3.43. The molecule has 0 fully saturated rings. The van der Waals surface area contributed by atoms with Crippen LogP contribution in [0.4, 0.5) is 0 Å². The summed E-state index contributed by atoms with van der Waals surface area (Å²) >= 11 is 0. The van der Waals surface area contributed by atoms with Crippen molar-refractivity contribution in [1.29, 1.82) is 0 Å². The Bertz CT molecular complexity index is 357. The third-order valence-corrected chi connectivity index (χ3v) is 3.18. The number of hydrogen-bond donors (Lipinski definition) is 1. The van der Waals surface area contributed by atoms with Gasteiger partial charge in [0.2, 0.25) is 10.0 Å². The van der Waals surface area contributed by atoms with Crippen LogP contribution in [0.1, 0.15) is 6.92 Å². The Hall–Kier alpha value is -0.880. The molecule has 0 aromatic carbocycles. The lowest BCUT2D eigenvalue weighted by Crippen LogP contribution is -2.41. The molecule has 1 heterocycles. The van der Waals surface area contributed by atoms with Gasteiger partial charge in [-0.2, -0.15) is 4.31 Å². The number of hydrogen-bond acceptors (Lipinski definition) is 3. The first-order valence-electron chi connectivity index (χ1n) is 3.70. The molecule has 13 heavy (non-hydrogen) atoms. The summed E-state index contributed by atoms with van der Waals surface area (Å²) in [4.78, 5) is 10.7. The molecule has 0 bridgehead atoms. The molecule has 0 aromatic rings. The van der Waals surface area contributed by atoms with E-state index in [9.17, 15) is 13.2 Å². The van der Waals surface area contributed by atoms with Gasteiger partial charge in [-0.1, -0.05) is 6.08 Å². The molecular formula is C7H11NO4S. The SMILES string of the molecule is CC1=CCN(S(C)(=O)=O)C1C(=O)O. The molecule has 5 nitrogen and oxygen atoms in total. The van der Waals surface area contributed by atoms with Crippen molar-refractivity contribution in [2.24, 2.45) is 0 Å². The van der Waals surface area contributed by atoms with Gasteiger partial charge >= 0.3 is 5.97 Å². The second-order valence-corrected chi connectivity index (χ2v) is 4.96. The zero-order chi connectivity index (χ0) is 10.2. The van der Waals surface area contributed by atoms with E-state index in [2.05, 4.69) is 0 Å². The minimum Gasteiger partial charge on any atom is -0.480 e. The summed E-state index contributed by atoms with van der Waals surface area (Å²) < 4.78 is 23.2. The average molecular weight is 205 g/mol. The van der Waals surface area contributed by atoms with Gasteiger partial charge in [-0.3, -0.25) is 4.79 Å². The first kappa shape index (κ1) is 10.2. The standard InChI is InChI=1S/C7H11NO4S/c1-5-3-4-8(13(2,11)12)6(5)7(9)10/h3,6H,4H2,1-2H3,(H,9,10). The van der Waals surface area contributed by atoms with Crippen molar-refractivity contribution in [3.63, 3.8) is 0 Å². The van der Waals surface area contributed by atoms with Crippen molar-refractivity contribution in [1.82, 2.24) is 4.31 Å². The smallest absolute Gasteiger partial charge is 0.326 e. The van der Waals surface area contributed by atoms with Crippen molar-refractivity contribution in [3.8, 4) is 0 Å². The molecule has 0 aliphatic carbocycles. The second kappa shape index (κ2) is 3.12. The van der Waals surface area contributed by atoms with E-state index in [0.29, 0.717) is 5.57 Å². The van der Waals surface area contributed by atoms with E-state index in [4.69, 9.17) is 5.11 Å². The Morgan fingerprint density at radius 2 is 2.23 bits per heavy atom. The van der Waals surface area contributed by atoms with E-state index in [0.717, 1.165) is 10.6 Å². The average Bonchev–Trinajstić information content (AvgIpc) is 2.28. The molecule has 0 radical (unpaired) electrons. The quantitative estimate of drug-likeness (QED) is 0.626. The van der Waals surface area contributed by atoms with Gasteiger partial charge in [0, 0.05) is 6.54 Å². The van der Waals surface area contributed by atoms with Gasteiger partial charge in [-0.05, 0) is 12.5 Å². The van der Waals surface area contributed by atoms with Crippen LogP contribution in [-0.2, 0) is 14.8 Å². The van der Waals surface area contributed by atoms with Crippen LogP contribution in [0.2, 0.25) is 0 Å². The maximum absolute atomic E-state index is 11.1. The highest BCUT2D eigenvalue weighted by Crippen LogP contribution is 2.20. The van der Waals surface area contributed by atoms with Gasteiger partial charge in [0.1, 0.15) is 6.04 Å². The second-order valence-electron chi connectivity index (χ2n) is 3.02. The van der Waals surface area contributed by atoms with E-state index in [-0.39, 0.29) is 6.54 Å². The van der Waals surface area contributed by atoms with E-state index in [1.807, 2.05) is 0 Å². The Labute approximate surface area is 76.7 Å². The summed E-state index contributed by atoms with van der Waals surface area (Å²) in [6, 6.07) is -1.02. The highest BCUT2D eigenvalue weighted by molar-refractivity contribution is 7.88. The Balaban J connectivity index is 3.01. The minimum atomic E-state index is -3.43. The number of carboxylic acid groups (broad SMARTS) is 1. The Morgan fingerprint density at radius 1 is 1.69 bits per heavy atom. The normalized spacial score (nSPS) is 24.5. The molecular weight excluding hydrogens is 194 g/mol. The molecule has 1 aliphatic heterocycles. The molecule has 1 rings (SSSR count). The number of carbonyl (C=O) groups is 1. The highest BCUT2D eigenvalue weighted by Gasteiger charge is 2.36. The molecule has 1 atom stereocenters. The van der Waals surface area contributed by atoms with Crippen molar-refractivity contribution >= 4 is 16.0 Å². The lowest BCUT2D eigenvalue weighted by molar-refractivity contribution is -0.139. The van der Waals surface area contributed by atoms with Crippen molar-refractivity contribution in [3.05, 3.63) is 11.6 Å². The van der Waals surface area contributed by atoms with Crippen molar-refractivity contribution < 1.29 is 18.3 Å². The fourth-order valence-electron chi connectivity index (χ4n) is 1.32. The van der Waals surface area contributed by atoms with Crippen molar-refractivity contribution in [2.75, 3.05) is 12.8 Å². The molecule has 1 unspecified atom stereocenters. The van der Waals surface area contributed by atoms with Crippen LogP contribution in [0.15, 0.2) is 11.6 Å². The third kappa shape index (κ3) is 1.89. The van der Waals surface area contributed by atoms with Crippen LogP contribution >= 0.6 is 0 Å². The summed E-state index contributed by atoms with van der Waals surface area (Å²) in [6.07, 6.45) is 2.62. The zero-order valence-corrected chi connectivity index (χ0v) is 8.21. The molecule has 74 valence electrons. The van der Waals surface area contributed by atoms with Crippen LogP contribution in [-0.4, -0.2) is 42.6 Å². The number of carboxylic acids is 1. The highest BCUT2D eigenvalue weighted by atomic mass is 32.2. The van der Waals surface area contributed by atoms with Crippen LogP contribution in [0, 0.1) is 0 Å². The predicted octanol–water partition coefficient (Wildman–Crippen LogP) is -0.339. The number of nitrogens with zero attached hydrogens (tertiary/aromatic N) is 1. The Morgan fingerprint density at radius 3 is 2.54 bits per heavy atom. The molecule has 0 aromatic heterocycles. The fraction of sp³-hybridized carbons (Fsp3) is 0.571. The summed E-state index contributed by atoms with van der Waals surface area (Å²) in [5.41, 5.74) is 0.568. The van der Waals surface area contributed by atoms with E-state index in [1.54, 1.807) is 13.0 Å². The van der Waals surface area contributed by atoms with E-state index < -0.39 is 22.0 Å². The zero-order valence-electron chi connectivity index (χ0n) is 7.39. The fourth-order valence-corrected chi connectivity index (χ4v) is 2.31. The van der Waals surface area contributed by atoms with Gasteiger partial charge in [0.05, 0.1) is 6.26 Å². The minimum absolute atomic E-state index is 0.154. The van der Waals surface area contributed by atoms with Crippen molar-refractivity contribution in [2.45, 2.75) is 13.0 Å². The topological polar surface area (TPSA) is 74.7 Å². The first-order chi connectivity index (χ1) is 5.84. The first-order valence-corrected chi connectivity index (χ1v) is 5.55. The third-order valence-electron chi connectivity index (χ3n) is 1.97. The molecule has 6 heteroatoms. The lowest BCUT2D eigenvalue weighted by atomic mass is 10.2. The van der Waals surface area contributed by atoms with E-state index >= 15 is 0 Å². The van der Waals surface area contributed by atoms with Gasteiger partial charge in [0.25, 0.3) is 0 Å². The number of aliphatic carboxylic acids is 1. The molecule has 0 spiro atoms. The summed E-state index contributed by atoms with van der Waals surface area (Å²) in [5, 5.41) is 8.77. The number of rotatable bonds is 2. The van der Waals surface area contributed by atoms with Gasteiger partial charge in [-0.15, -0.1) is 0 Å². The number of sulfonamides is 1. The Kier molecular flexibility index (Phi) is 2.44. The van der Waals surface area contributed by atoms with Gasteiger partial charge in [-0.25, -0.2) is 8.42 Å². The van der Waals surface area contributed by atoms with Gasteiger partial charge < -0.3 is 5.11 Å². The largest absolute Gasteiger partial charge is 0.480 e. The molecule has 1 aliphatic rings. The molecule has 1 N–H and O–H groups in total. The summed E-state index contributed by atoms with van der Waals surface area (Å²) in [6.45, 7) is 1.77. The molecule has 0 saturated heterocycles. The molecule has 0 amide bonds. The van der Waals surface area contributed by atoms with Crippen LogP contribution in [0.3, 0.4) is 0 Å². The molecule has 0 saturated carbocycles. The maximum atomic E-state index is 11.1. The monoisotopic (exact) mass is 205 g/mol. The van der Waals surface area contributed by atoms with Gasteiger partial charge in [0.15, 0.2) is 0 Å². The van der Waals surface area contributed by atoms with E-state index in [1.165, 1.54) is 0 Å². The summed E-state index contributed by atoms with van der Waals surface area (Å²) in [5.74, 6) is -1.13. The van der Waals surface area contributed by atoms with Crippen LogP contribution in [0.5, 0.6) is 0 Å². The van der Waals surface area contributed by atoms with Crippen LogP contribution < -0.4 is 0 Å².